The van der Waals surface area contributed by atoms with Gasteiger partial charge in [-0.25, -0.2) is 0 Å². The fraction of sp³-hybridized carbons (Fsp3) is 0.357. The first-order chi connectivity index (χ1) is 18.2. The number of aryl methyl sites for hydroxylation is 1. The molecule has 1 atom stereocenters. The highest BCUT2D eigenvalue weighted by Crippen LogP contribution is 2.28. The molecule has 0 spiro atoms. The van der Waals surface area contributed by atoms with Crippen molar-refractivity contribution in [3.63, 3.8) is 0 Å². The van der Waals surface area contributed by atoms with Crippen LogP contribution in [0.15, 0.2) is 48.5 Å². The molecular weight excluding hydrogens is 486 g/mol. The van der Waals surface area contributed by atoms with Gasteiger partial charge in [0.2, 0.25) is 5.91 Å². The average molecular weight is 520 g/mol. The maximum Gasteiger partial charge on any atom is 0.272 e. The van der Waals surface area contributed by atoms with Crippen LogP contribution in [0.4, 0.5) is 0 Å². The fourth-order valence-corrected chi connectivity index (χ4v) is 4.36. The lowest BCUT2D eigenvalue weighted by Crippen LogP contribution is -2.62. The third-order valence-electron chi connectivity index (χ3n) is 6.94. The predicted octanol–water partition coefficient (Wildman–Crippen LogP) is 2.34. The summed E-state index contributed by atoms with van der Waals surface area (Å²) < 4.78 is 12.0. The first-order valence-electron chi connectivity index (χ1n) is 12.3. The molecule has 200 valence electrons. The molecule has 2 heterocycles. The van der Waals surface area contributed by atoms with Crippen molar-refractivity contribution in [2.24, 2.45) is 0 Å². The number of amides is 3. The van der Waals surface area contributed by atoms with Crippen LogP contribution in [0.5, 0.6) is 11.5 Å². The van der Waals surface area contributed by atoms with Gasteiger partial charge < -0.3 is 25.0 Å². The predicted molar refractivity (Wildman–Crippen MR) is 141 cm³/mol. The zero-order chi connectivity index (χ0) is 27.4. The van der Waals surface area contributed by atoms with E-state index in [0.29, 0.717) is 31.0 Å². The molecule has 2 N–H and O–H groups in total. The van der Waals surface area contributed by atoms with Gasteiger partial charge in [-0.1, -0.05) is 35.9 Å². The molecule has 1 aliphatic heterocycles. The molecule has 0 aliphatic carbocycles. The van der Waals surface area contributed by atoms with Gasteiger partial charge in [-0.3, -0.25) is 19.1 Å². The fourth-order valence-electron chi connectivity index (χ4n) is 4.36. The van der Waals surface area contributed by atoms with Crippen molar-refractivity contribution in [3.8, 4) is 11.5 Å². The second-order valence-electron chi connectivity index (χ2n) is 9.57. The highest BCUT2D eigenvalue weighted by atomic mass is 16.5. The molecule has 3 aromatic rings. The number of benzene rings is 2. The number of nitrogens with one attached hydrogen (secondary N) is 2. The van der Waals surface area contributed by atoms with Gasteiger partial charge in [0.05, 0.1) is 20.8 Å². The van der Waals surface area contributed by atoms with Crippen LogP contribution in [0.3, 0.4) is 0 Å². The van der Waals surface area contributed by atoms with Crippen LogP contribution in [0, 0.1) is 6.92 Å². The third-order valence-corrected chi connectivity index (χ3v) is 6.94. The van der Waals surface area contributed by atoms with E-state index in [4.69, 9.17) is 9.47 Å². The van der Waals surface area contributed by atoms with E-state index < -0.39 is 11.4 Å². The van der Waals surface area contributed by atoms with E-state index in [1.165, 1.54) is 15.6 Å². The van der Waals surface area contributed by atoms with Gasteiger partial charge in [0.25, 0.3) is 11.8 Å². The standard InChI is InChI=1S/C28H33N5O5/c1-18-6-8-20(9-7-18)16-30-27(36)28(2)17-33-22(26(35)32(28)3)15-21(31-33)25(34)29-13-12-19-10-11-23(37-4)24(14-19)38-5/h6-11,14-15H,12-13,16-17H2,1-5H3,(H,29,34)(H,30,36)/t28-/m0/s1. The number of carbonyl (C=O) groups is 3. The monoisotopic (exact) mass is 519 g/mol. The van der Waals surface area contributed by atoms with Gasteiger partial charge >= 0.3 is 0 Å². The molecule has 0 bridgehead atoms. The third kappa shape index (κ3) is 5.34. The molecule has 0 saturated carbocycles. The van der Waals surface area contributed by atoms with Gasteiger partial charge in [-0.15, -0.1) is 0 Å². The summed E-state index contributed by atoms with van der Waals surface area (Å²) in [5.41, 5.74) is 2.29. The molecule has 1 aliphatic rings. The van der Waals surface area contributed by atoms with E-state index in [1.807, 2.05) is 49.4 Å². The van der Waals surface area contributed by atoms with Crippen LogP contribution in [-0.4, -0.2) is 65.8 Å². The smallest absolute Gasteiger partial charge is 0.272 e. The SMILES string of the molecule is COc1ccc(CCNC(=O)c2cc3n(n2)C[C@@](C)(C(=O)NCc2ccc(C)cc2)N(C)C3=O)cc1OC. The van der Waals surface area contributed by atoms with Gasteiger partial charge in [0, 0.05) is 26.2 Å². The summed E-state index contributed by atoms with van der Waals surface area (Å²) in [7, 11) is 4.74. The number of nitrogens with zero attached hydrogens (tertiary/aromatic N) is 3. The van der Waals surface area contributed by atoms with Crippen LogP contribution >= 0.6 is 0 Å². The van der Waals surface area contributed by atoms with E-state index in [0.717, 1.165) is 16.7 Å². The number of ether oxygens (including phenoxy) is 2. The lowest BCUT2D eigenvalue weighted by Gasteiger charge is -2.40. The van der Waals surface area contributed by atoms with Crippen LogP contribution in [0.1, 0.15) is 44.6 Å². The first-order valence-corrected chi connectivity index (χ1v) is 12.3. The van der Waals surface area contributed by atoms with Crippen LogP contribution in [-0.2, 0) is 24.3 Å². The Labute approximate surface area is 221 Å². The highest BCUT2D eigenvalue weighted by Gasteiger charge is 2.46. The molecule has 10 nitrogen and oxygen atoms in total. The molecule has 0 unspecified atom stereocenters. The summed E-state index contributed by atoms with van der Waals surface area (Å²) >= 11 is 0. The van der Waals surface area contributed by atoms with Crippen molar-refractivity contribution in [2.75, 3.05) is 27.8 Å². The quantitative estimate of drug-likeness (QED) is 0.449. The van der Waals surface area contributed by atoms with Gasteiger partial charge in [0.15, 0.2) is 17.2 Å². The molecule has 38 heavy (non-hydrogen) atoms. The Morgan fingerprint density at radius 2 is 1.68 bits per heavy atom. The zero-order valence-corrected chi connectivity index (χ0v) is 22.3. The maximum absolute atomic E-state index is 13.2. The molecule has 0 fully saturated rings. The maximum atomic E-state index is 13.2. The molecule has 1 aromatic heterocycles. The molecular formula is C28H33N5O5. The number of likely N-dealkylation sites (N-methyl/N-ethyl adjacent to an activating group) is 1. The molecule has 4 rings (SSSR count). The van der Waals surface area contributed by atoms with Crippen molar-refractivity contribution in [1.29, 1.82) is 0 Å². The van der Waals surface area contributed by atoms with Crippen LogP contribution < -0.4 is 20.1 Å². The Morgan fingerprint density at radius 3 is 2.37 bits per heavy atom. The van der Waals surface area contributed by atoms with Crippen molar-refractivity contribution < 1.29 is 23.9 Å². The average Bonchev–Trinajstić information content (AvgIpc) is 3.35. The Bertz CT molecular complexity index is 1350. The first kappa shape index (κ1) is 26.7. The largest absolute Gasteiger partial charge is 0.493 e. The van der Waals surface area contributed by atoms with E-state index in [2.05, 4.69) is 15.7 Å². The molecule has 2 aromatic carbocycles. The van der Waals surface area contributed by atoms with Crippen molar-refractivity contribution in [1.82, 2.24) is 25.3 Å². The number of carbonyl (C=O) groups excluding carboxylic acids is 3. The minimum atomic E-state index is -1.16. The van der Waals surface area contributed by atoms with Gasteiger partial charge in [-0.05, 0) is 43.5 Å². The van der Waals surface area contributed by atoms with E-state index in [-0.39, 0.29) is 29.7 Å². The van der Waals surface area contributed by atoms with E-state index >= 15 is 0 Å². The van der Waals surface area contributed by atoms with E-state index in [1.54, 1.807) is 28.2 Å². The van der Waals surface area contributed by atoms with Crippen molar-refractivity contribution in [2.45, 2.75) is 38.9 Å². The Kier molecular flexibility index (Phi) is 7.70. The molecule has 0 radical (unpaired) electrons. The number of methoxy groups -OCH3 is 2. The van der Waals surface area contributed by atoms with Crippen LogP contribution in [0.2, 0.25) is 0 Å². The zero-order valence-electron chi connectivity index (χ0n) is 22.3. The second-order valence-corrected chi connectivity index (χ2v) is 9.57. The number of hydrogen-bond donors (Lipinski definition) is 2. The minimum absolute atomic E-state index is 0.123. The lowest BCUT2D eigenvalue weighted by atomic mass is 9.95. The molecule has 3 amide bonds. The topological polar surface area (TPSA) is 115 Å². The van der Waals surface area contributed by atoms with Crippen LogP contribution in [0.25, 0.3) is 0 Å². The van der Waals surface area contributed by atoms with Gasteiger partial charge in [0.1, 0.15) is 11.2 Å². The normalized spacial score (nSPS) is 16.6. The molecule has 10 heteroatoms. The summed E-state index contributed by atoms with van der Waals surface area (Å²) in [5, 5.41) is 10.1. The highest BCUT2D eigenvalue weighted by molar-refractivity contribution is 6.01. The summed E-state index contributed by atoms with van der Waals surface area (Å²) in [6.07, 6.45) is 0.570. The Hall–Kier alpha value is -4.34. The van der Waals surface area contributed by atoms with Gasteiger partial charge in [-0.2, -0.15) is 5.10 Å². The van der Waals surface area contributed by atoms with Crippen molar-refractivity contribution in [3.05, 3.63) is 76.6 Å². The Morgan fingerprint density at radius 1 is 1.00 bits per heavy atom. The summed E-state index contributed by atoms with van der Waals surface area (Å²) in [5.74, 6) is 0.187. The minimum Gasteiger partial charge on any atom is -0.493 e. The van der Waals surface area contributed by atoms with E-state index in [9.17, 15) is 14.4 Å². The van der Waals surface area contributed by atoms with Crippen molar-refractivity contribution >= 4 is 17.7 Å². The number of fused-ring (bicyclic) bond motifs is 1. The summed E-state index contributed by atoms with van der Waals surface area (Å²) in [6, 6.07) is 14.9. The Balaban J connectivity index is 1.40. The number of hydrogen-bond acceptors (Lipinski definition) is 6. The molecule has 0 saturated heterocycles. The second kappa shape index (κ2) is 11.0. The lowest BCUT2D eigenvalue weighted by molar-refractivity contribution is -0.132. The summed E-state index contributed by atoms with van der Waals surface area (Å²) in [4.78, 5) is 40.5. The number of rotatable bonds is 9. The summed E-state index contributed by atoms with van der Waals surface area (Å²) in [6.45, 7) is 4.53. The number of aromatic nitrogens is 2.